The van der Waals surface area contributed by atoms with Gasteiger partial charge < -0.3 is 9.47 Å². The summed E-state index contributed by atoms with van der Waals surface area (Å²) >= 11 is 5.98. The SMILES string of the molecule is COc1ccc(S(=O)(=O)NC2(CCl)CCOCC2)cc1. The van der Waals surface area contributed by atoms with Crippen LogP contribution < -0.4 is 9.46 Å². The Kier molecular flexibility index (Phi) is 4.90. The lowest BCUT2D eigenvalue weighted by atomic mass is 9.94. The molecule has 1 N–H and O–H groups in total. The van der Waals surface area contributed by atoms with Crippen LogP contribution in [0, 0.1) is 0 Å². The Morgan fingerprint density at radius 2 is 1.90 bits per heavy atom. The number of benzene rings is 1. The van der Waals surface area contributed by atoms with Crippen molar-refractivity contribution in [3.8, 4) is 5.75 Å². The number of halogens is 1. The van der Waals surface area contributed by atoms with Crippen molar-refractivity contribution in [3.63, 3.8) is 0 Å². The summed E-state index contributed by atoms with van der Waals surface area (Å²) < 4.78 is 37.8. The number of nitrogens with one attached hydrogen (secondary N) is 1. The van der Waals surface area contributed by atoms with Crippen molar-refractivity contribution in [1.29, 1.82) is 0 Å². The van der Waals surface area contributed by atoms with Gasteiger partial charge in [-0.25, -0.2) is 13.1 Å². The first-order valence-corrected chi connectivity index (χ1v) is 8.35. The lowest BCUT2D eigenvalue weighted by Gasteiger charge is -2.35. The van der Waals surface area contributed by atoms with E-state index in [1.54, 1.807) is 12.1 Å². The molecule has 0 spiro atoms. The normalized spacial score (nSPS) is 18.7. The minimum atomic E-state index is -3.60. The molecule has 0 amide bonds. The number of ether oxygens (including phenoxy) is 2. The molecule has 0 aromatic heterocycles. The average Bonchev–Trinajstić information content (AvgIpc) is 2.48. The van der Waals surface area contributed by atoms with E-state index in [0.717, 1.165) is 0 Å². The van der Waals surface area contributed by atoms with E-state index in [0.29, 0.717) is 31.8 Å². The van der Waals surface area contributed by atoms with Gasteiger partial charge in [-0.05, 0) is 37.1 Å². The van der Waals surface area contributed by atoms with Gasteiger partial charge in [0.25, 0.3) is 0 Å². The van der Waals surface area contributed by atoms with Crippen LogP contribution >= 0.6 is 11.6 Å². The second-order valence-electron chi connectivity index (χ2n) is 4.81. The van der Waals surface area contributed by atoms with E-state index in [2.05, 4.69) is 4.72 Å². The summed E-state index contributed by atoms with van der Waals surface area (Å²) in [5, 5.41) is 0. The zero-order valence-electron chi connectivity index (χ0n) is 11.3. The van der Waals surface area contributed by atoms with Gasteiger partial charge in [0.05, 0.1) is 17.5 Å². The Labute approximate surface area is 124 Å². The van der Waals surface area contributed by atoms with Crippen molar-refractivity contribution < 1.29 is 17.9 Å². The zero-order valence-corrected chi connectivity index (χ0v) is 12.8. The third-order valence-corrected chi connectivity index (χ3v) is 5.53. The first-order valence-electron chi connectivity index (χ1n) is 6.33. The van der Waals surface area contributed by atoms with Crippen molar-refractivity contribution in [2.45, 2.75) is 23.3 Å². The second kappa shape index (κ2) is 6.30. The highest BCUT2D eigenvalue weighted by Gasteiger charge is 2.36. The summed E-state index contributed by atoms with van der Waals surface area (Å²) in [5.74, 6) is 0.841. The van der Waals surface area contributed by atoms with Crippen LogP contribution in [-0.4, -0.2) is 40.2 Å². The number of rotatable bonds is 5. The smallest absolute Gasteiger partial charge is 0.241 e. The Hall–Kier alpha value is -0.820. The van der Waals surface area contributed by atoms with Gasteiger partial charge in [-0.1, -0.05) is 0 Å². The number of hydrogen-bond acceptors (Lipinski definition) is 4. The van der Waals surface area contributed by atoms with Gasteiger partial charge in [0, 0.05) is 19.1 Å². The van der Waals surface area contributed by atoms with Gasteiger partial charge in [-0.3, -0.25) is 0 Å². The summed E-state index contributed by atoms with van der Waals surface area (Å²) in [6.45, 7) is 1.02. The molecule has 1 aromatic rings. The van der Waals surface area contributed by atoms with E-state index in [4.69, 9.17) is 21.1 Å². The maximum atomic E-state index is 12.4. The number of alkyl halides is 1. The molecule has 0 unspecified atom stereocenters. The van der Waals surface area contributed by atoms with E-state index in [1.807, 2.05) is 0 Å². The van der Waals surface area contributed by atoms with Gasteiger partial charge in [0.2, 0.25) is 10.0 Å². The fraction of sp³-hybridized carbons (Fsp3) is 0.538. The van der Waals surface area contributed by atoms with E-state index in [1.165, 1.54) is 19.2 Å². The molecule has 1 aliphatic rings. The molecular weight excluding hydrogens is 302 g/mol. The zero-order chi connectivity index (χ0) is 14.6. The summed E-state index contributed by atoms with van der Waals surface area (Å²) in [7, 11) is -2.07. The molecule has 7 heteroatoms. The largest absolute Gasteiger partial charge is 0.497 e. The molecule has 0 aliphatic carbocycles. The topological polar surface area (TPSA) is 64.6 Å². The lowest BCUT2D eigenvalue weighted by molar-refractivity contribution is 0.0549. The Balaban J connectivity index is 2.20. The quantitative estimate of drug-likeness (QED) is 0.840. The van der Waals surface area contributed by atoms with Gasteiger partial charge in [0.1, 0.15) is 5.75 Å². The first-order chi connectivity index (χ1) is 9.51. The van der Waals surface area contributed by atoms with Crippen LogP contribution in [-0.2, 0) is 14.8 Å². The van der Waals surface area contributed by atoms with E-state index in [9.17, 15) is 8.42 Å². The third-order valence-electron chi connectivity index (χ3n) is 3.43. The van der Waals surface area contributed by atoms with Crippen molar-refractivity contribution in [1.82, 2.24) is 4.72 Å². The van der Waals surface area contributed by atoms with E-state index >= 15 is 0 Å². The molecule has 1 aromatic carbocycles. The van der Waals surface area contributed by atoms with E-state index < -0.39 is 15.6 Å². The maximum absolute atomic E-state index is 12.4. The number of sulfonamides is 1. The minimum Gasteiger partial charge on any atom is -0.497 e. The maximum Gasteiger partial charge on any atom is 0.241 e. The Morgan fingerprint density at radius 1 is 1.30 bits per heavy atom. The third kappa shape index (κ3) is 3.44. The molecular formula is C13H18ClNO4S. The lowest BCUT2D eigenvalue weighted by Crippen LogP contribution is -2.53. The number of hydrogen-bond donors (Lipinski definition) is 1. The van der Waals surface area contributed by atoms with Gasteiger partial charge in [0.15, 0.2) is 0 Å². The molecule has 0 radical (unpaired) electrons. The van der Waals surface area contributed by atoms with Crippen LogP contribution in [0.15, 0.2) is 29.2 Å². The molecule has 5 nitrogen and oxygen atoms in total. The molecule has 112 valence electrons. The Morgan fingerprint density at radius 3 is 2.40 bits per heavy atom. The predicted molar refractivity (Wildman–Crippen MR) is 76.8 cm³/mol. The van der Waals surface area contributed by atoms with Crippen LogP contribution in [0.25, 0.3) is 0 Å². The second-order valence-corrected chi connectivity index (χ2v) is 6.76. The molecule has 1 aliphatic heterocycles. The fourth-order valence-electron chi connectivity index (χ4n) is 2.12. The summed E-state index contributed by atoms with van der Waals surface area (Å²) in [4.78, 5) is 0.203. The van der Waals surface area contributed by atoms with Crippen LogP contribution in [0.3, 0.4) is 0 Å². The van der Waals surface area contributed by atoms with Gasteiger partial charge in [-0.15, -0.1) is 11.6 Å². The highest BCUT2D eigenvalue weighted by Crippen LogP contribution is 2.25. The predicted octanol–water partition coefficient (Wildman–Crippen LogP) is 1.76. The summed E-state index contributed by atoms with van der Waals surface area (Å²) in [5.41, 5.74) is -0.626. The highest BCUT2D eigenvalue weighted by atomic mass is 35.5. The molecule has 0 saturated carbocycles. The van der Waals surface area contributed by atoms with Gasteiger partial charge in [-0.2, -0.15) is 0 Å². The van der Waals surface area contributed by atoms with Crippen LogP contribution in [0.4, 0.5) is 0 Å². The average molecular weight is 320 g/mol. The van der Waals surface area contributed by atoms with Crippen molar-refractivity contribution in [3.05, 3.63) is 24.3 Å². The van der Waals surface area contributed by atoms with Gasteiger partial charge >= 0.3 is 0 Å². The van der Waals surface area contributed by atoms with Crippen molar-refractivity contribution in [2.75, 3.05) is 26.2 Å². The van der Waals surface area contributed by atoms with Crippen molar-refractivity contribution >= 4 is 21.6 Å². The van der Waals surface area contributed by atoms with Crippen LogP contribution in [0.2, 0.25) is 0 Å². The molecule has 20 heavy (non-hydrogen) atoms. The molecule has 1 saturated heterocycles. The fourth-order valence-corrected chi connectivity index (χ4v) is 4.00. The standard InChI is InChI=1S/C13H18ClNO4S/c1-18-11-2-4-12(5-3-11)20(16,17)15-13(10-14)6-8-19-9-7-13/h2-5,15H,6-10H2,1H3. The summed E-state index contributed by atoms with van der Waals surface area (Å²) in [6.07, 6.45) is 1.15. The molecule has 1 fully saturated rings. The highest BCUT2D eigenvalue weighted by molar-refractivity contribution is 7.89. The van der Waals surface area contributed by atoms with Crippen LogP contribution in [0.1, 0.15) is 12.8 Å². The molecule has 0 bridgehead atoms. The molecule has 1 heterocycles. The van der Waals surface area contributed by atoms with Crippen molar-refractivity contribution in [2.24, 2.45) is 0 Å². The number of methoxy groups -OCH3 is 1. The Bertz CT molecular complexity index is 538. The molecule has 2 rings (SSSR count). The monoisotopic (exact) mass is 319 g/mol. The molecule has 0 atom stereocenters. The minimum absolute atomic E-state index is 0.203. The summed E-state index contributed by atoms with van der Waals surface area (Å²) in [6, 6.07) is 6.27. The van der Waals surface area contributed by atoms with Crippen LogP contribution in [0.5, 0.6) is 5.75 Å². The van der Waals surface area contributed by atoms with E-state index in [-0.39, 0.29) is 10.8 Å². The first kappa shape index (κ1) is 15.6.